The van der Waals surface area contributed by atoms with Crippen LogP contribution in [0.15, 0.2) is 34.7 Å². The summed E-state index contributed by atoms with van der Waals surface area (Å²) in [6.45, 7) is 4.45. The van der Waals surface area contributed by atoms with Gasteiger partial charge in [0.05, 0.1) is 31.1 Å². The molecule has 6 aliphatic rings. The number of hydrogen-bond donors (Lipinski definition) is 4. The van der Waals surface area contributed by atoms with Crippen molar-refractivity contribution in [1.82, 2.24) is 15.1 Å². The average molecular weight is 788 g/mol. The van der Waals surface area contributed by atoms with E-state index in [0.717, 1.165) is 16.5 Å². The molecule has 2 bridgehead atoms. The molecule has 0 aliphatic carbocycles. The monoisotopic (exact) mass is 787 g/mol. The van der Waals surface area contributed by atoms with Crippen molar-refractivity contribution in [1.29, 1.82) is 0 Å². The lowest BCUT2D eigenvalue weighted by Crippen LogP contribution is -2.62. The van der Waals surface area contributed by atoms with Gasteiger partial charge in [-0.2, -0.15) is 0 Å². The molecule has 7 atom stereocenters. The van der Waals surface area contributed by atoms with Gasteiger partial charge >= 0.3 is 11.9 Å². The number of hydrogen-bond acceptors (Lipinski definition) is 15. The Morgan fingerprint density at radius 3 is 2.59 bits per heavy atom. The number of aliphatic hydroxyl groups is 2. The van der Waals surface area contributed by atoms with Crippen LogP contribution in [0.3, 0.4) is 0 Å². The Hall–Kier alpha value is -4.51. The minimum atomic E-state index is -1.54. The first-order valence-corrected chi connectivity index (χ1v) is 19.8. The minimum Gasteiger partial charge on any atom is -0.504 e. The molecule has 0 amide bonds. The highest BCUT2D eigenvalue weighted by atomic mass is 32.2. The molecule has 4 aromatic rings. The number of thioether (sulfide) groups is 1. The van der Waals surface area contributed by atoms with Crippen molar-refractivity contribution in [3.05, 3.63) is 75.0 Å². The first-order chi connectivity index (χ1) is 26.9. The average Bonchev–Trinajstić information content (AvgIpc) is 3.78. The van der Waals surface area contributed by atoms with Crippen molar-refractivity contribution in [3.8, 4) is 28.7 Å². The summed E-state index contributed by atoms with van der Waals surface area (Å²) >= 11 is 1.42. The van der Waals surface area contributed by atoms with Gasteiger partial charge < -0.3 is 48.3 Å². The van der Waals surface area contributed by atoms with Crippen LogP contribution < -0.4 is 24.3 Å². The zero-order chi connectivity index (χ0) is 39.4. The standard InChI is InChI=1S/C41H45N3O11S/c1-18-11-21-12-27(47)44-25-15-51-40(49)41(39-24(13-22(14-45)42-41)23-9-7-8-10-26(23)55-39)16-56-38(32(44)31(43(4)5)28(21)33(48)34(18)50-6)30-29(25)37-36(52-17-53-37)19(2)35(30)54-20(3)46/h7-11,22,25,27,31-32,38,42,45,47-48H,12-17H2,1-6H3/t22-,25+,27+,31+,32?,38-,41-/m1/s1. The Bertz CT molecular complexity index is 2290. The molecule has 56 heavy (non-hydrogen) atoms. The van der Waals surface area contributed by atoms with Gasteiger partial charge in [0.15, 0.2) is 28.5 Å². The number of aliphatic hydroxyl groups excluding tert-OH is 2. The quantitative estimate of drug-likeness (QED) is 0.172. The fourth-order valence-electron chi connectivity index (χ4n) is 9.90. The zero-order valence-electron chi connectivity index (χ0n) is 32.0. The number of carbonyl (C=O) groups excluding carboxylic acids is 2. The van der Waals surface area contributed by atoms with Crippen molar-refractivity contribution in [2.75, 3.05) is 47.0 Å². The number of aromatic hydroxyl groups is 1. The van der Waals surface area contributed by atoms with Crippen LogP contribution in [-0.2, 0) is 32.7 Å². The lowest BCUT2D eigenvalue weighted by atomic mass is 9.80. The van der Waals surface area contributed by atoms with Crippen LogP contribution in [0, 0.1) is 13.8 Å². The largest absolute Gasteiger partial charge is 0.504 e. The zero-order valence-corrected chi connectivity index (χ0v) is 32.8. The highest BCUT2D eigenvalue weighted by Gasteiger charge is 2.59. The maximum atomic E-state index is 14.9. The maximum Gasteiger partial charge on any atom is 0.335 e. The van der Waals surface area contributed by atoms with Gasteiger partial charge in [-0.3, -0.25) is 15.0 Å². The summed E-state index contributed by atoms with van der Waals surface area (Å²) < 4.78 is 37.1. The molecule has 6 aliphatic heterocycles. The SMILES string of the molecule is COc1c(C)cc2c(c1O)[C@H](N(C)C)C1[C@@H]3SC[C@]4(N[C@@H](CO)Cc5c4oc4ccccc54)C(=O)OC[C@@H](c4c5c(c(C)c(OC(C)=O)c43)OCO5)N1[C@@H](O)C2. The number of rotatable bonds is 4. The van der Waals surface area contributed by atoms with Gasteiger partial charge in [-0.15, -0.1) is 11.8 Å². The number of aryl methyl sites for hydroxylation is 1. The van der Waals surface area contributed by atoms with E-state index in [2.05, 4.69) is 5.32 Å². The van der Waals surface area contributed by atoms with Crippen LogP contribution in [0.2, 0.25) is 0 Å². The van der Waals surface area contributed by atoms with E-state index < -0.39 is 53.1 Å². The fourth-order valence-corrected chi connectivity index (χ4v) is 11.6. The van der Waals surface area contributed by atoms with Crippen LogP contribution in [0.25, 0.3) is 11.0 Å². The summed E-state index contributed by atoms with van der Waals surface area (Å²) in [7, 11) is 5.36. The van der Waals surface area contributed by atoms with E-state index in [4.69, 9.17) is 28.1 Å². The molecule has 4 N–H and O–H groups in total. The Morgan fingerprint density at radius 2 is 1.86 bits per heavy atom. The minimum absolute atomic E-state index is 0.0231. The van der Waals surface area contributed by atoms with Crippen LogP contribution in [0.5, 0.6) is 28.7 Å². The predicted molar refractivity (Wildman–Crippen MR) is 204 cm³/mol. The number of phenols is 1. The van der Waals surface area contributed by atoms with Crippen LogP contribution in [-0.4, -0.2) is 102 Å². The number of ether oxygens (including phenoxy) is 5. The van der Waals surface area contributed by atoms with E-state index in [1.165, 1.54) is 25.8 Å². The van der Waals surface area contributed by atoms with Crippen molar-refractivity contribution in [2.24, 2.45) is 0 Å². The third-order valence-corrected chi connectivity index (χ3v) is 13.5. The summed E-state index contributed by atoms with van der Waals surface area (Å²) in [4.78, 5) is 31.8. The van der Waals surface area contributed by atoms with E-state index in [0.29, 0.717) is 68.6 Å². The maximum absolute atomic E-state index is 14.9. The number of benzene rings is 3. The van der Waals surface area contributed by atoms with E-state index in [1.807, 2.05) is 68.1 Å². The van der Waals surface area contributed by atoms with Crippen molar-refractivity contribution in [2.45, 2.75) is 74.8 Å². The highest BCUT2D eigenvalue weighted by Crippen LogP contribution is 2.63. The first-order valence-electron chi connectivity index (χ1n) is 18.7. The molecule has 7 heterocycles. The van der Waals surface area contributed by atoms with Gasteiger partial charge in [0.1, 0.15) is 29.9 Å². The van der Waals surface area contributed by atoms with E-state index in [9.17, 15) is 24.9 Å². The molecule has 296 valence electrons. The van der Waals surface area contributed by atoms with Gasteiger partial charge in [-0.05, 0) is 51.6 Å². The second-order valence-electron chi connectivity index (χ2n) is 15.5. The van der Waals surface area contributed by atoms with Gasteiger partial charge in [0.2, 0.25) is 6.79 Å². The Kier molecular flexibility index (Phi) is 8.98. The molecule has 0 saturated carbocycles. The van der Waals surface area contributed by atoms with E-state index in [1.54, 1.807) is 0 Å². The molecule has 15 heteroatoms. The van der Waals surface area contributed by atoms with Crippen LogP contribution in [0.1, 0.15) is 69.0 Å². The third kappa shape index (κ3) is 5.28. The second kappa shape index (κ2) is 13.6. The molecule has 1 aromatic heterocycles. The van der Waals surface area contributed by atoms with Crippen molar-refractivity contribution >= 4 is 34.7 Å². The first kappa shape index (κ1) is 37.1. The fraction of sp³-hybridized carbons (Fsp3) is 0.463. The van der Waals surface area contributed by atoms with Crippen molar-refractivity contribution < 1.29 is 53.0 Å². The number of fused-ring (bicyclic) bond motifs is 8. The number of nitrogens with zero attached hydrogens (tertiary/aromatic N) is 2. The highest BCUT2D eigenvalue weighted by molar-refractivity contribution is 7.99. The Balaban J connectivity index is 1.33. The molecule has 10 rings (SSSR count). The number of carbonyl (C=O) groups is 2. The van der Waals surface area contributed by atoms with Gasteiger partial charge in [0, 0.05) is 64.4 Å². The summed E-state index contributed by atoms with van der Waals surface area (Å²) in [6.07, 6.45) is -0.562. The van der Waals surface area contributed by atoms with Gasteiger partial charge in [0.25, 0.3) is 0 Å². The summed E-state index contributed by atoms with van der Waals surface area (Å²) in [5.74, 6) is 0.799. The smallest absolute Gasteiger partial charge is 0.335 e. The normalized spacial score (nSPS) is 28.0. The second-order valence-corrected chi connectivity index (χ2v) is 16.6. The summed E-state index contributed by atoms with van der Waals surface area (Å²) in [5.41, 5.74) is 3.74. The summed E-state index contributed by atoms with van der Waals surface area (Å²) in [6, 6.07) is 6.96. The van der Waals surface area contributed by atoms with Gasteiger partial charge in [-0.1, -0.05) is 24.3 Å². The molecule has 1 spiro atoms. The summed E-state index contributed by atoms with van der Waals surface area (Å²) in [5, 5.41) is 38.8. The number of para-hydroxylation sites is 1. The van der Waals surface area contributed by atoms with Crippen LogP contribution >= 0.6 is 11.8 Å². The number of nitrogens with one attached hydrogen (secondary N) is 1. The molecule has 1 unspecified atom stereocenters. The lowest BCUT2D eigenvalue weighted by molar-refractivity contribution is -0.159. The molecular formula is C41H45N3O11S. The molecule has 3 aromatic carbocycles. The lowest BCUT2D eigenvalue weighted by Gasteiger charge is -2.53. The number of furan rings is 1. The molecule has 1 fully saturated rings. The third-order valence-electron chi connectivity index (χ3n) is 12.1. The van der Waals surface area contributed by atoms with Crippen LogP contribution in [0.4, 0.5) is 0 Å². The molecule has 0 radical (unpaired) electrons. The van der Waals surface area contributed by atoms with Gasteiger partial charge in [-0.25, -0.2) is 4.79 Å². The number of likely N-dealkylation sites (N-methyl/N-ethyl adjacent to an activating group) is 1. The number of esters is 2. The molecule has 1 saturated heterocycles. The number of methoxy groups -OCH3 is 1. The predicted octanol–water partition coefficient (Wildman–Crippen LogP) is 4.05. The Morgan fingerprint density at radius 1 is 1.09 bits per heavy atom. The van der Waals surface area contributed by atoms with E-state index >= 15 is 0 Å². The molecule has 14 nitrogen and oxygen atoms in total. The van der Waals surface area contributed by atoms with E-state index in [-0.39, 0.29) is 37.9 Å². The van der Waals surface area contributed by atoms with Crippen molar-refractivity contribution in [3.63, 3.8) is 0 Å². The Labute approximate surface area is 327 Å². The topological polar surface area (TPSA) is 173 Å². The molecular weight excluding hydrogens is 743 g/mol. The number of phenolic OH excluding ortho intramolecular Hbond substituents is 1.